The lowest BCUT2D eigenvalue weighted by Crippen LogP contribution is -2.42. The van der Waals surface area contributed by atoms with E-state index in [1.165, 1.54) is 12.0 Å². The first kappa shape index (κ1) is 15.3. The van der Waals surface area contributed by atoms with Crippen LogP contribution in [-0.2, 0) is 11.2 Å². The van der Waals surface area contributed by atoms with Crippen LogP contribution in [0, 0.1) is 5.92 Å². The minimum absolute atomic E-state index is 0.526. The van der Waals surface area contributed by atoms with Gasteiger partial charge in [-0.15, -0.1) is 0 Å². The summed E-state index contributed by atoms with van der Waals surface area (Å²) in [6, 6.07) is 8.94. The van der Waals surface area contributed by atoms with Crippen molar-refractivity contribution in [2.75, 3.05) is 26.9 Å². The molecule has 1 aromatic carbocycles. The van der Waals surface area contributed by atoms with Gasteiger partial charge in [0.25, 0.3) is 0 Å². The Balaban J connectivity index is 1.95. The molecule has 0 aliphatic carbocycles. The largest absolute Gasteiger partial charge is 0.493 e. The van der Waals surface area contributed by atoms with E-state index in [0.29, 0.717) is 12.0 Å². The predicted molar refractivity (Wildman–Crippen MR) is 82.3 cm³/mol. The molecule has 0 aromatic heterocycles. The normalized spacial score (nSPS) is 19.2. The molecule has 2 unspecified atom stereocenters. The van der Waals surface area contributed by atoms with E-state index < -0.39 is 0 Å². The highest BCUT2D eigenvalue weighted by atomic mass is 16.5. The van der Waals surface area contributed by atoms with Crippen molar-refractivity contribution in [2.45, 2.75) is 38.6 Å². The zero-order valence-electron chi connectivity index (χ0n) is 12.7. The molecule has 3 nitrogen and oxygen atoms in total. The smallest absolute Gasteiger partial charge is 0.122 e. The zero-order chi connectivity index (χ0) is 14.2. The third kappa shape index (κ3) is 4.22. The van der Waals surface area contributed by atoms with E-state index in [-0.39, 0.29) is 0 Å². The SMILES string of the molecule is CCCNC(CCCOC)C1COc2ccccc2C1. The number of para-hydroxylation sites is 1. The van der Waals surface area contributed by atoms with Gasteiger partial charge in [-0.2, -0.15) is 0 Å². The van der Waals surface area contributed by atoms with Gasteiger partial charge in [0.2, 0.25) is 0 Å². The van der Waals surface area contributed by atoms with Gasteiger partial charge in [0.1, 0.15) is 5.75 Å². The number of benzene rings is 1. The van der Waals surface area contributed by atoms with Crippen molar-refractivity contribution in [3.05, 3.63) is 29.8 Å². The number of hydrogen-bond acceptors (Lipinski definition) is 3. The van der Waals surface area contributed by atoms with Gasteiger partial charge in [-0.3, -0.25) is 0 Å². The topological polar surface area (TPSA) is 30.5 Å². The summed E-state index contributed by atoms with van der Waals surface area (Å²) in [5.41, 5.74) is 1.35. The van der Waals surface area contributed by atoms with Crippen molar-refractivity contribution in [1.29, 1.82) is 0 Å². The molecule has 20 heavy (non-hydrogen) atoms. The Kier molecular flexibility index (Phi) is 6.34. The fourth-order valence-corrected chi connectivity index (χ4v) is 2.89. The maximum absolute atomic E-state index is 5.93. The molecule has 0 amide bonds. The van der Waals surface area contributed by atoms with Gasteiger partial charge in [0.05, 0.1) is 6.61 Å². The number of methoxy groups -OCH3 is 1. The molecular formula is C17H27NO2. The molecule has 0 spiro atoms. The van der Waals surface area contributed by atoms with Crippen LogP contribution < -0.4 is 10.1 Å². The molecule has 1 heterocycles. The summed E-state index contributed by atoms with van der Waals surface area (Å²) in [5, 5.41) is 3.69. The van der Waals surface area contributed by atoms with Gasteiger partial charge in [0, 0.05) is 25.7 Å². The molecule has 1 N–H and O–H groups in total. The lowest BCUT2D eigenvalue weighted by molar-refractivity contribution is 0.158. The molecule has 0 saturated heterocycles. The second-order valence-electron chi connectivity index (χ2n) is 5.58. The van der Waals surface area contributed by atoms with E-state index in [0.717, 1.165) is 44.8 Å². The van der Waals surface area contributed by atoms with Crippen molar-refractivity contribution < 1.29 is 9.47 Å². The predicted octanol–water partition coefficient (Wildman–Crippen LogP) is 3.03. The van der Waals surface area contributed by atoms with Crippen molar-refractivity contribution in [3.8, 4) is 5.75 Å². The van der Waals surface area contributed by atoms with Crippen molar-refractivity contribution in [3.63, 3.8) is 0 Å². The molecule has 2 atom stereocenters. The Hall–Kier alpha value is -1.06. The van der Waals surface area contributed by atoms with Gasteiger partial charge in [-0.05, 0) is 43.9 Å². The molecule has 0 saturated carbocycles. The first-order valence-electron chi connectivity index (χ1n) is 7.78. The molecule has 0 radical (unpaired) electrons. The number of nitrogens with one attached hydrogen (secondary N) is 1. The third-order valence-corrected chi connectivity index (χ3v) is 4.00. The summed E-state index contributed by atoms with van der Waals surface area (Å²) in [5.74, 6) is 1.63. The molecule has 2 rings (SSSR count). The van der Waals surface area contributed by atoms with Crippen LogP contribution in [0.2, 0.25) is 0 Å². The minimum Gasteiger partial charge on any atom is -0.493 e. The number of hydrogen-bond donors (Lipinski definition) is 1. The summed E-state index contributed by atoms with van der Waals surface area (Å²) in [4.78, 5) is 0. The van der Waals surface area contributed by atoms with Gasteiger partial charge < -0.3 is 14.8 Å². The maximum Gasteiger partial charge on any atom is 0.122 e. The average Bonchev–Trinajstić information content (AvgIpc) is 2.50. The molecule has 3 heteroatoms. The van der Waals surface area contributed by atoms with Crippen LogP contribution in [0.1, 0.15) is 31.7 Å². The van der Waals surface area contributed by atoms with Gasteiger partial charge in [-0.1, -0.05) is 25.1 Å². The summed E-state index contributed by atoms with van der Waals surface area (Å²) >= 11 is 0. The Morgan fingerprint density at radius 3 is 3.05 bits per heavy atom. The van der Waals surface area contributed by atoms with E-state index in [1.54, 1.807) is 7.11 Å². The molecule has 0 fully saturated rings. The van der Waals surface area contributed by atoms with Gasteiger partial charge >= 0.3 is 0 Å². The molecular weight excluding hydrogens is 250 g/mol. The highest BCUT2D eigenvalue weighted by molar-refractivity contribution is 5.35. The van der Waals surface area contributed by atoms with Crippen LogP contribution in [-0.4, -0.2) is 32.9 Å². The quantitative estimate of drug-likeness (QED) is 0.741. The fourth-order valence-electron chi connectivity index (χ4n) is 2.89. The Morgan fingerprint density at radius 1 is 1.40 bits per heavy atom. The minimum atomic E-state index is 0.526. The summed E-state index contributed by atoms with van der Waals surface area (Å²) in [7, 11) is 1.77. The summed E-state index contributed by atoms with van der Waals surface area (Å²) < 4.78 is 11.1. The standard InChI is InChI=1S/C17H27NO2/c1-3-10-18-16(8-6-11-19-2)15-12-14-7-4-5-9-17(14)20-13-15/h4-5,7,9,15-16,18H,3,6,8,10-13H2,1-2H3. The number of rotatable bonds is 8. The Morgan fingerprint density at radius 2 is 2.25 bits per heavy atom. The van der Waals surface area contributed by atoms with Crippen LogP contribution >= 0.6 is 0 Å². The molecule has 112 valence electrons. The van der Waals surface area contributed by atoms with E-state index in [2.05, 4.69) is 30.4 Å². The highest BCUT2D eigenvalue weighted by Crippen LogP contribution is 2.29. The van der Waals surface area contributed by atoms with Crippen LogP contribution in [0.15, 0.2) is 24.3 Å². The first-order chi connectivity index (χ1) is 9.85. The first-order valence-corrected chi connectivity index (χ1v) is 7.78. The summed E-state index contributed by atoms with van der Waals surface area (Å²) in [6.07, 6.45) is 4.55. The molecule has 1 aromatic rings. The molecule has 0 bridgehead atoms. The molecule has 1 aliphatic rings. The third-order valence-electron chi connectivity index (χ3n) is 4.00. The van der Waals surface area contributed by atoms with Crippen molar-refractivity contribution in [2.24, 2.45) is 5.92 Å². The monoisotopic (exact) mass is 277 g/mol. The van der Waals surface area contributed by atoms with E-state index in [9.17, 15) is 0 Å². The van der Waals surface area contributed by atoms with Crippen LogP contribution in [0.4, 0.5) is 0 Å². The average molecular weight is 277 g/mol. The number of ether oxygens (including phenoxy) is 2. The van der Waals surface area contributed by atoms with Gasteiger partial charge in [-0.25, -0.2) is 0 Å². The lowest BCUT2D eigenvalue weighted by atomic mass is 9.88. The van der Waals surface area contributed by atoms with Crippen LogP contribution in [0.5, 0.6) is 5.75 Å². The van der Waals surface area contributed by atoms with Crippen LogP contribution in [0.3, 0.4) is 0 Å². The number of fused-ring (bicyclic) bond motifs is 1. The molecule has 1 aliphatic heterocycles. The van der Waals surface area contributed by atoms with Crippen molar-refractivity contribution in [1.82, 2.24) is 5.32 Å². The highest BCUT2D eigenvalue weighted by Gasteiger charge is 2.26. The van der Waals surface area contributed by atoms with Gasteiger partial charge in [0.15, 0.2) is 0 Å². The second kappa shape index (κ2) is 8.28. The lowest BCUT2D eigenvalue weighted by Gasteiger charge is -2.32. The fraction of sp³-hybridized carbons (Fsp3) is 0.647. The van der Waals surface area contributed by atoms with E-state index in [4.69, 9.17) is 9.47 Å². The zero-order valence-corrected chi connectivity index (χ0v) is 12.7. The van der Waals surface area contributed by atoms with E-state index in [1.807, 2.05) is 6.07 Å². The maximum atomic E-state index is 5.93. The second-order valence-corrected chi connectivity index (χ2v) is 5.58. The summed E-state index contributed by atoms with van der Waals surface area (Å²) in [6.45, 7) is 4.96. The van der Waals surface area contributed by atoms with Crippen molar-refractivity contribution >= 4 is 0 Å². The Bertz CT molecular complexity index is 394. The van der Waals surface area contributed by atoms with E-state index >= 15 is 0 Å². The van der Waals surface area contributed by atoms with Crippen LogP contribution in [0.25, 0.3) is 0 Å². The Labute approximate surface area is 122 Å².